The molecule has 1 aliphatic carbocycles. The number of anilines is 1. The topological polar surface area (TPSA) is 80.2 Å². The minimum Gasteiger partial charge on any atom is -0.481 e. The van der Waals surface area contributed by atoms with Crippen molar-refractivity contribution in [3.05, 3.63) is 42.4 Å². The van der Waals surface area contributed by atoms with Gasteiger partial charge in [-0.15, -0.1) is 0 Å². The van der Waals surface area contributed by atoms with Crippen molar-refractivity contribution in [2.75, 3.05) is 12.4 Å². The van der Waals surface area contributed by atoms with Gasteiger partial charge in [0.2, 0.25) is 11.8 Å². The van der Waals surface area contributed by atoms with Crippen molar-refractivity contribution in [1.29, 1.82) is 0 Å². The van der Waals surface area contributed by atoms with Crippen LogP contribution in [0.5, 0.6) is 5.88 Å². The highest BCUT2D eigenvalue weighted by Gasteiger charge is 2.34. The number of ether oxygens (including phenoxy) is 1. The van der Waals surface area contributed by atoms with Crippen LogP contribution in [0.25, 0.3) is 0 Å². The summed E-state index contributed by atoms with van der Waals surface area (Å²) in [5, 5.41) is 13.0. The summed E-state index contributed by atoms with van der Waals surface area (Å²) >= 11 is 0. The van der Waals surface area contributed by atoms with E-state index in [-0.39, 0.29) is 12.1 Å². The summed E-state index contributed by atoms with van der Waals surface area (Å²) < 4.78 is 5.13. The number of pyridine rings is 1. The van der Waals surface area contributed by atoms with Gasteiger partial charge < -0.3 is 15.2 Å². The lowest BCUT2D eigenvalue weighted by molar-refractivity contribution is 0.0340. The fourth-order valence-electron chi connectivity index (χ4n) is 2.73. The third-order valence-electron chi connectivity index (χ3n) is 4.03. The van der Waals surface area contributed by atoms with Gasteiger partial charge in [0.1, 0.15) is 0 Å². The van der Waals surface area contributed by atoms with Crippen LogP contribution in [0.2, 0.25) is 0 Å². The molecule has 1 fully saturated rings. The molecular weight excluding hydrogens is 280 g/mol. The Kier molecular flexibility index (Phi) is 4.48. The summed E-state index contributed by atoms with van der Waals surface area (Å²) in [6.07, 6.45) is 5.65. The normalized spacial score (nSPS) is 21.7. The molecule has 2 N–H and O–H groups in total. The van der Waals surface area contributed by atoms with Gasteiger partial charge in [-0.25, -0.2) is 4.98 Å². The third-order valence-corrected chi connectivity index (χ3v) is 4.03. The predicted octanol–water partition coefficient (Wildman–Crippen LogP) is 1.67. The van der Waals surface area contributed by atoms with Crippen molar-refractivity contribution >= 4 is 5.95 Å². The second-order valence-electron chi connectivity index (χ2n) is 5.58. The monoisotopic (exact) mass is 300 g/mol. The molecule has 0 aliphatic heterocycles. The highest BCUT2D eigenvalue weighted by Crippen LogP contribution is 2.32. The molecular formula is C16H20N4O2. The maximum absolute atomic E-state index is 9.59. The molecule has 1 atom stereocenters. The number of nitrogens with one attached hydrogen (secondary N) is 1. The summed E-state index contributed by atoms with van der Waals surface area (Å²) in [4.78, 5) is 12.9. The van der Waals surface area contributed by atoms with Gasteiger partial charge in [-0.05, 0) is 30.9 Å². The quantitative estimate of drug-likeness (QED) is 0.845. The minimum atomic E-state index is -0.190. The molecule has 0 aromatic carbocycles. The highest BCUT2D eigenvalue weighted by atomic mass is 16.5. The Hall–Kier alpha value is -2.21. The summed E-state index contributed by atoms with van der Waals surface area (Å²) in [5.74, 6) is 1.47. The van der Waals surface area contributed by atoms with Crippen LogP contribution in [0.3, 0.4) is 0 Å². The first kappa shape index (κ1) is 14.7. The number of nitrogens with zero attached hydrogens (tertiary/aromatic N) is 3. The Morgan fingerprint density at radius 1 is 1.27 bits per heavy atom. The van der Waals surface area contributed by atoms with Crippen LogP contribution < -0.4 is 10.1 Å². The molecule has 6 nitrogen and oxygen atoms in total. The van der Waals surface area contributed by atoms with Crippen LogP contribution >= 0.6 is 0 Å². The number of aliphatic hydroxyl groups excluding tert-OH is 1. The van der Waals surface area contributed by atoms with Gasteiger partial charge in [-0.1, -0.05) is 6.07 Å². The lowest BCUT2D eigenvalue weighted by Gasteiger charge is -2.38. The van der Waals surface area contributed by atoms with E-state index >= 15 is 0 Å². The van der Waals surface area contributed by atoms with Crippen LogP contribution in [-0.4, -0.2) is 39.3 Å². The van der Waals surface area contributed by atoms with E-state index in [9.17, 15) is 5.11 Å². The Morgan fingerprint density at radius 3 is 2.82 bits per heavy atom. The highest BCUT2D eigenvalue weighted by molar-refractivity contribution is 5.30. The SMILES string of the molecule is COc1ccnc(N[C@H](Cc2ccccn2)C2CC(O)C2)n1. The molecule has 0 radical (unpaired) electrons. The molecule has 2 heterocycles. The molecule has 0 bridgehead atoms. The van der Waals surface area contributed by atoms with Gasteiger partial charge >= 0.3 is 0 Å². The number of methoxy groups -OCH3 is 1. The van der Waals surface area contributed by atoms with Gasteiger partial charge in [-0.3, -0.25) is 4.98 Å². The molecule has 0 amide bonds. The van der Waals surface area contributed by atoms with Gasteiger partial charge in [0, 0.05) is 36.6 Å². The smallest absolute Gasteiger partial charge is 0.226 e. The molecule has 22 heavy (non-hydrogen) atoms. The fourth-order valence-corrected chi connectivity index (χ4v) is 2.73. The average Bonchev–Trinajstić information content (AvgIpc) is 2.52. The fraction of sp³-hybridized carbons (Fsp3) is 0.438. The third kappa shape index (κ3) is 3.51. The predicted molar refractivity (Wildman–Crippen MR) is 82.7 cm³/mol. The van der Waals surface area contributed by atoms with E-state index in [1.54, 1.807) is 25.6 Å². The van der Waals surface area contributed by atoms with Crippen molar-refractivity contribution < 1.29 is 9.84 Å². The average molecular weight is 300 g/mol. The zero-order valence-corrected chi connectivity index (χ0v) is 12.5. The Morgan fingerprint density at radius 2 is 2.14 bits per heavy atom. The lowest BCUT2D eigenvalue weighted by atomic mass is 9.76. The van der Waals surface area contributed by atoms with Gasteiger partial charge in [0.25, 0.3) is 0 Å². The summed E-state index contributed by atoms with van der Waals surface area (Å²) in [6.45, 7) is 0. The number of hydrogen-bond donors (Lipinski definition) is 2. The molecule has 3 rings (SSSR count). The van der Waals surface area contributed by atoms with Gasteiger partial charge in [-0.2, -0.15) is 4.98 Å². The molecule has 116 valence electrons. The maximum Gasteiger partial charge on any atom is 0.226 e. The van der Waals surface area contributed by atoms with Crippen molar-refractivity contribution in [2.45, 2.75) is 31.4 Å². The number of rotatable bonds is 6. The Labute approximate surface area is 129 Å². The summed E-state index contributed by atoms with van der Waals surface area (Å²) in [6, 6.07) is 7.76. The summed E-state index contributed by atoms with van der Waals surface area (Å²) in [5.41, 5.74) is 1.02. The van der Waals surface area contributed by atoms with E-state index in [4.69, 9.17) is 4.74 Å². The van der Waals surface area contributed by atoms with Crippen LogP contribution in [0, 0.1) is 5.92 Å². The standard InChI is InChI=1S/C16H20N4O2/c1-22-15-5-7-18-16(20-15)19-14(11-8-13(21)9-11)10-12-4-2-3-6-17-12/h2-7,11,13-14,21H,8-10H2,1H3,(H,18,19,20)/t11?,13?,14-/m1/s1. The number of aromatic nitrogens is 3. The van der Waals surface area contributed by atoms with Crippen molar-refractivity contribution in [3.8, 4) is 5.88 Å². The molecule has 2 aromatic heterocycles. The van der Waals surface area contributed by atoms with E-state index in [2.05, 4.69) is 20.3 Å². The summed E-state index contributed by atoms with van der Waals surface area (Å²) in [7, 11) is 1.58. The molecule has 0 unspecified atom stereocenters. The first-order chi connectivity index (χ1) is 10.7. The van der Waals surface area contributed by atoms with E-state index in [1.807, 2.05) is 18.2 Å². The van der Waals surface area contributed by atoms with Crippen molar-refractivity contribution in [3.63, 3.8) is 0 Å². The maximum atomic E-state index is 9.59. The van der Waals surface area contributed by atoms with E-state index in [0.29, 0.717) is 17.7 Å². The van der Waals surface area contributed by atoms with E-state index < -0.39 is 0 Å². The Bertz CT molecular complexity index is 602. The van der Waals surface area contributed by atoms with E-state index in [1.165, 1.54) is 0 Å². The van der Waals surface area contributed by atoms with Crippen LogP contribution in [0.1, 0.15) is 18.5 Å². The molecule has 6 heteroatoms. The number of hydrogen-bond acceptors (Lipinski definition) is 6. The molecule has 0 spiro atoms. The molecule has 2 aromatic rings. The van der Waals surface area contributed by atoms with Gasteiger partial charge in [0.15, 0.2) is 0 Å². The lowest BCUT2D eigenvalue weighted by Crippen LogP contribution is -2.42. The van der Waals surface area contributed by atoms with Crippen molar-refractivity contribution in [2.24, 2.45) is 5.92 Å². The first-order valence-corrected chi connectivity index (χ1v) is 7.46. The van der Waals surface area contributed by atoms with Crippen LogP contribution in [-0.2, 0) is 6.42 Å². The van der Waals surface area contributed by atoms with Crippen LogP contribution in [0.15, 0.2) is 36.7 Å². The second-order valence-corrected chi connectivity index (χ2v) is 5.58. The zero-order chi connectivity index (χ0) is 15.4. The molecule has 0 saturated heterocycles. The molecule has 1 aliphatic rings. The van der Waals surface area contributed by atoms with Gasteiger partial charge in [0.05, 0.1) is 13.2 Å². The number of aliphatic hydroxyl groups is 1. The molecule has 1 saturated carbocycles. The first-order valence-electron chi connectivity index (χ1n) is 7.46. The van der Waals surface area contributed by atoms with E-state index in [0.717, 1.165) is 25.0 Å². The Balaban J connectivity index is 1.73. The minimum absolute atomic E-state index is 0.144. The van der Waals surface area contributed by atoms with Crippen LogP contribution in [0.4, 0.5) is 5.95 Å². The zero-order valence-electron chi connectivity index (χ0n) is 12.5. The van der Waals surface area contributed by atoms with Crippen molar-refractivity contribution in [1.82, 2.24) is 15.0 Å². The largest absolute Gasteiger partial charge is 0.481 e. The second kappa shape index (κ2) is 6.70.